The molecule has 3 rings (SSSR count). The van der Waals surface area contributed by atoms with Crippen LogP contribution in [0.3, 0.4) is 0 Å². The lowest BCUT2D eigenvalue weighted by molar-refractivity contribution is -0.130. The monoisotopic (exact) mass is 382 g/mol. The van der Waals surface area contributed by atoms with Gasteiger partial charge in [-0.15, -0.1) is 0 Å². The van der Waals surface area contributed by atoms with Gasteiger partial charge in [0, 0.05) is 29.9 Å². The maximum absolute atomic E-state index is 12.6. The zero-order chi connectivity index (χ0) is 20.3. The van der Waals surface area contributed by atoms with Crippen molar-refractivity contribution >= 4 is 29.2 Å². The molecule has 2 atom stereocenters. The summed E-state index contributed by atoms with van der Waals surface area (Å²) < 4.78 is 4.61. The van der Waals surface area contributed by atoms with E-state index in [2.05, 4.69) is 20.4 Å². The summed E-state index contributed by atoms with van der Waals surface area (Å²) in [5.41, 5.74) is 9.32. The number of nitrogens with zero attached hydrogens (tertiary/aromatic N) is 1. The number of ether oxygens (including phenoxy) is 1. The summed E-state index contributed by atoms with van der Waals surface area (Å²) in [4.78, 5) is 40.8. The van der Waals surface area contributed by atoms with Crippen LogP contribution in [0.1, 0.15) is 31.5 Å². The number of fused-ring (bicyclic) bond motifs is 4. The van der Waals surface area contributed by atoms with Crippen molar-refractivity contribution in [3.05, 3.63) is 42.2 Å². The van der Waals surface area contributed by atoms with E-state index in [9.17, 15) is 14.4 Å². The summed E-state index contributed by atoms with van der Waals surface area (Å²) in [6.07, 6.45) is 1.63. The Labute approximate surface area is 162 Å². The predicted molar refractivity (Wildman–Crippen MR) is 105 cm³/mol. The first-order chi connectivity index (χ1) is 13.4. The SMILES string of the molecule is COC(=O)Nc1ccc2c(c1)NC(=O)C(C)C(=O)CCC(N)c1cc-2ccn1. The number of carbonyl (C=O) groups is 3. The highest BCUT2D eigenvalue weighted by atomic mass is 16.5. The molecule has 28 heavy (non-hydrogen) atoms. The number of carbonyl (C=O) groups excluding carboxylic acids is 3. The molecule has 1 aromatic heterocycles. The van der Waals surface area contributed by atoms with Crippen molar-refractivity contribution in [1.29, 1.82) is 0 Å². The molecule has 0 saturated carbocycles. The lowest BCUT2D eigenvalue weighted by Gasteiger charge is -2.19. The number of methoxy groups -OCH3 is 1. The van der Waals surface area contributed by atoms with Crippen LogP contribution in [0, 0.1) is 5.92 Å². The Kier molecular flexibility index (Phi) is 5.70. The van der Waals surface area contributed by atoms with Crippen LogP contribution in [0.15, 0.2) is 36.5 Å². The molecule has 146 valence electrons. The van der Waals surface area contributed by atoms with Crippen LogP contribution in [0.2, 0.25) is 0 Å². The summed E-state index contributed by atoms with van der Waals surface area (Å²) in [5.74, 6) is -1.41. The summed E-state index contributed by atoms with van der Waals surface area (Å²) in [5, 5.41) is 5.37. The third-order valence-electron chi connectivity index (χ3n) is 4.76. The van der Waals surface area contributed by atoms with Crippen molar-refractivity contribution in [2.24, 2.45) is 11.7 Å². The molecule has 4 N–H and O–H groups in total. The topological polar surface area (TPSA) is 123 Å². The molecule has 2 aromatic rings. The van der Waals surface area contributed by atoms with Crippen molar-refractivity contribution in [2.75, 3.05) is 17.7 Å². The Morgan fingerprint density at radius 3 is 2.82 bits per heavy atom. The van der Waals surface area contributed by atoms with Crippen LogP contribution in [0.25, 0.3) is 11.1 Å². The zero-order valence-corrected chi connectivity index (χ0v) is 15.7. The van der Waals surface area contributed by atoms with Gasteiger partial charge < -0.3 is 15.8 Å². The third kappa shape index (κ3) is 4.17. The molecule has 8 nitrogen and oxygen atoms in total. The third-order valence-corrected chi connectivity index (χ3v) is 4.76. The quantitative estimate of drug-likeness (QED) is 0.652. The van der Waals surface area contributed by atoms with Crippen LogP contribution in [0.4, 0.5) is 16.2 Å². The van der Waals surface area contributed by atoms with Crippen LogP contribution < -0.4 is 16.4 Å². The molecule has 2 heterocycles. The number of amides is 2. The van der Waals surface area contributed by atoms with E-state index in [1.165, 1.54) is 7.11 Å². The largest absolute Gasteiger partial charge is 0.453 e. The van der Waals surface area contributed by atoms with Gasteiger partial charge >= 0.3 is 6.09 Å². The molecule has 8 heteroatoms. The molecule has 0 spiro atoms. The van der Waals surface area contributed by atoms with Gasteiger partial charge in [-0.1, -0.05) is 6.07 Å². The van der Waals surface area contributed by atoms with Gasteiger partial charge in [0.2, 0.25) is 5.91 Å². The molecule has 2 unspecified atom stereocenters. The first-order valence-electron chi connectivity index (χ1n) is 8.93. The van der Waals surface area contributed by atoms with E-state index in [1.54, 1.807) is 31.3 Å². The van der Waals surface area contributed by atoms with E-state index < -0.39 is 24.0 Å². The summed E-state index contributed by atoms with van der Waals surface area (Å²) in [6.45, 7) is 1.57. The minimum Gasteiger partial charge on any atom is -0.453 e. The first-order valence-corrected chi connectivity index (χ1v) is 8.93. The Morgan fingerprint density at radius 1 is 1.29 bits per heavy atom. The number of benzene rings is 1. The molecule has 1 aliphatic rings. The van der Waals surface area contributed by atoms with E-state index in [0.717, 1.165) is 11.1 Å². The number of hydrogen-bond acceptors (Lipinski definition) is 6. The minimum absolute atomic E-state index is 0.185. The van der Waals surface area contributed by atoms with Crippen LogP contribution in [-0.4, -0.2) is 29.9 Å². The van der Waals surface area contributed by atoms with Gasteiger partial charge in [-0.2, -0.15) is 0 Å². The van der Waals surface area contributed by atoms with Crippen molar-refractivity contribution in [3.63, 3.8) is 0 Å². The fourth-order valence-corrected chi connectivity index (χ4v) is 3.01. The van der Waals surface area contributed by atoms with Crippen LogP contribution in [0.5, 0.6) is 0 Å². The van der Waals surface area contributed by atoms with Crippen molar-refractivity contribution in [3.8, 4) is 11.1 Å². The van der Waals surface area contributed by atoms with Gasteiger partial charge in [0.1, 0.15) is 5.78 Å². The highest BCUT2D eigenvalue weighted by molar-refractivity contribution is 6.08. The summed E-state index contributed by atoms with van der Waals surface area (Å²) >= 11 is 0. The molecule has 1 aromatic carbocycles. The van der Waals surface area contributed by atoms with E-state index in [0.29, 0.717) is 23.5 Å². The smallest absolute Gasteiger partial charge is 0.411 e. The Hall–Kier alpha value is -3.26. The van der Waals surface area contributed by atoms with Gasteiger partial charge in [0.15, 0.2) is 0 Å². The van der Waals surface area contributed by atoms with Crippen LogP contribution in [-0.2, 0) is 14.3 Å². The summed E-state index contributed by atoms with van der Waals surface area (Å²) in [6, 6.07) is 8.34. The first kappa shape index (κ1) is 19.5. The predicted octanol–water partition coefficient (Wildman–Crippen LogP) is 2.86. The number of anilines is 2. The van der Waals surface area contributed by atoms with E-state index in [-0.39, 0.29) is 12.2 Å². The van der Waals surface area contributed by atoms with Gasteiger partial charge in [0.25, 0.3) is 0 Å². The summed E-state index contributed by atoms with van der Waals surface area (Å²) in [7, 11) is 1.26. The number of aromatic nitrogens is 1. The number of pyridine rings is 1. The number of rotatable bonds is 1. The Bertz CT molecular complexity index is 928. The second-order valence-electron chi connectivity index (χ2n) is 6.67. The lowest BCUT2D eigenvalue weighted by atomic mass is 9.95. The molecular weight excluding hydrogens is 360 g/mol. The molecule has 0 radical (unpaired) electrons. The highest BCUT2D eigenvalue weighted by Crippen LogP contribution is 2.33. The average molecular weight is 382 g/mol. The lowest BCUT2D eigenvalue weighted by Crippen LogP contribution is -2.28. The maximum atomic E-state index is 12.6. The normalized spacial score (nSPS) is 19.5. The molecular formula is C20H22N4O4. The molecule has 2 amide bonds. The van der Waals surface area contributed by atoms with E-state index >= 15 is 0 Å². The second kappa shape index (κ2) is 8.18. The Balaban J connectivity index is 2.10. The number of hydrogen-bond donors (Lipinski definition) is 3. The average Bonchev–Trinajstić information content (AvgIpc) is 2.70. The van der Waals surface area contributed by atoms with Crippen molar-refractivity contribution in [1.82, 2.24) is 4.98 Å². The number of ketones is 1. The number of nitrogens with two attached hydrogens (primary N) is 1. The number of Topliss-reactive ketones (excluding diaryl/α,β-unsaturated/α-hetero) is 1. The van der Waals surface area contributed by atoms with Gasteiger partial charge in [0.05, 0.1) is 24.4 Å². The Morgan fingerprint density at radius 2 is 2.07 bits per heavy atom. The highest BCUT2D eigenvalue weighted by Gasteiger charge is 2.24. The molecule has 0 fully saturated rings. The van der Waals surface area contributed by atoms with E-state index in [4.69, 9.17) is 5.73 Å². The molecule has 0 saturated heterocycles. The zero-order valence-electron chi connectivity index (χ0n) is 15.7. The maximum Gasteiger partial charge on any atom is 0.411 e. The van der Waals surface area contributed by atoms with E-state index in [1.807, 2.05) is 12.1 Å². The van der Waals surface area contributed by atoms with Crippen molar-refractivity contribution < 1.29 is 19.1 Å². The fourth-order valence-electron chi connectivity index (χ4n) is 3.01. The van der Waals surface area contributed by atoms with Crippen LogP contribution >= 0.6 is 0 Å². The second-order valence-corrected chi connectivity index (χ2v) is 6.67. The molecule has 1 aliphatic heterocycles. The van der Waals surface area contributed by atoms with Gasteiger partial charge in [-0.25, -0.2) is 4.79 Å². The number of nitrogens with one attached hydrogen (secondary N) is 2. The van der Waals surface area contributed by atoms with Crippen molar-refractivity contribution in [2.45, 2.75) is 25.8 Å². The van der Waals surface area contributed by atoms with Gasteiger partial charge in [-0.05, 0) is 43.2 Å². The standard InChI is InChI=1S/C20H22N4O4/c1-11-18(25)6-5-15(21)17-9-12(7-8-22-17)14-4-3-13(23-20(27)28-2)10-16(14)24-19(11)26/h3-4,7-11,15H,5-6,21H2,1-2H3,(H,23,27)(H,24,26). The fraction of sp³-hybridized carbons (Fsp3) is 0.300. The van der Waals surface area contributed by atoms with Gasteiger partial charge in [-0.3, -0.25) is 19.9 Å². The molecule has 2 bridgehead atoms. The molecule has 0 aliphatic carbocycles. The minimum atomic E-state index is -0.817.